The number of hydrogen-bond acceptors (Lipinski definition) is 5. The first-order valence-corrected chi connectivity index (χ1v) is 9.75. The Bertz CT molecular complexity index is 1170. The molecule has 0 spiro atoms. The van der Waals surface area contributed by atoms with E-state index in [1.807, 2.05) is 30.3 Å². The zero-order valence-electron chi connectivity index (χ0n) is 16.9. The molecule has 0 aliphatic carbocycles. The van der Waals surface area contributed by atoms with E-state index < -0.39 is 0 Å². The number of aromatic nitrogens is 3. The molecule has 0 bridgehead atoms. The van der Waals surface area contributed by atoms with Crippen LogP contribution in [0.25, 0.3) is 11.3 Å². The molecule has 0 unspecified atom stereocenters. The van der Waals surface area contributed by atoms with Gasteiger partial charge in [0.15, 0.2) is 0 Å². The first-order chi connectivity index (χ1) is 15.2. The zero-order valence-corrected chi connectivity index (χ0v) is 16.9. The van der Waals surface area contributed by atoms with Crippen LogP contribution in [0, 0.1) is 6.92 Å². The number of carbonyl (C=O) groups is 1. The van der Waals surface area contributed by atoms with E-state index in [4.69, 9.17) is 4.74 Å². The fourth-order valence-corrected chi connectivity index (χ4v) is 2.84. The largest absolute Gasteiger partial charge is 0.489 e. The van der Waals surface area contributed by atoms with Crippen LogP contribution in [-0.4, -0.2) is 27.3 Å². The fraction of sp³-hybridized carbons (Fsp3) is 0.0833. The summed E-state index contributed by atoms with van der Waals surface area (Å²) in [5.74, 6) is 0.388. The lowest BCUT2D eigenvalue weighted by atomic mass is 10.1. The molecule has 0 atom stereocenters. The zero-order chi connectivity index (χ0) is 21.5. The number of H-pyrrole nitrogens is 1. The van der Waals surface area contributed by atoms with Gasteiger partial charge in [-0.1, -0.05) is 35.9 Å². The second-order valence-corrected chi connectivity index (χ2v) is 6.95. The van der Waals surface area contributed by atoms with Gasteiger partial charge in [-0.2, -0.15) is 10.2 Å². The first kappa shape index (κ1) is 20.0. The van der Waals surface area contributed by atoms with E-state index in [0.717, 1.165) is 22.4 Å². The molecule has 0 radical (unpaired) electrons. The summed E-state index contributed by atoms with van der Waals surface area (Å²) >= 11 is 0. The monoisotopic (exact) mass is 411 g/mol. The van der Waals surface area contributed by atoms with Crippen molar-refractivity contribution in [3.05, 3.63) is 102 Å². The fourth-order valence-electron chi connectivity index (χ4n) is 2.84. The Morgan fingerprint density at radius 3 is 2.68 bits per heavy atom. The highest BCUT2D eigenvalue weighted by Crippen LogP contribution is 2.22. The van der Waals surface area contributed by atoms with Gasteiger partial charge in [-0.05, 0) is 48.9 Å². The molecule has 2 aromatic heterocycles. The van der Waals surface area contributed by atoms with Gasteiger partial charge in [0.25, 0.3) is 5.91 Å². The number of ether oxygens (including phenoxy) is 1. The van der Waals surface area contributed by atoms with E-state index in [0.29, 0.717) is 18.0 Å². The second-order valence-electron chi connectivity index (χ2n) is 6.95. The van der Waals surface area contributed by atoms with Gasteiger partial charge in [0.05, 0.1) is 11.9 Å². The van der Waals surface area contributed by atoms with Crippen molar-refractivity contribution in [2.45, 2.75) is 13.5 Å². The molecule has 7 nitrogen and oxygen atoms in total. The van der Waals surface area contributed by atoms with Crippen molar-refractivity contribution in [2.24, 2.45) is 5.10 Å². The number of amides is 1. The van der Waals surface area contributed by atoms with Gasteiger partial charge in [0.1, 0.15) is 18.1 Å². The first-order valence-electron chi connectivity index (χ1n) is 9.75. The number of hydrazone groups is 1. The van der Waals surface area contributed by atoms with Crippen LogP contribution in [0.15, 0.2) is 84.2 Å². The number of nitrogens with one attached hydrogen (secondary N) is 2. The van der Waals surface area contributed by atoms with Crippen LogP contribution in [0.1, 0.15) is 27.2 Å². The van der Waals surface area contributed by atoms with E-state index in [9.17, 15) is 4.79 Å². The van der Waals surface area contributed by atoms with E-state index in [2.05, 4.69) is 56.9 Å². The molecular formula is C24H21N5O2. The smallest absolute Gasteiger partial charge is 0.289 e. The maximum atomic E-state index is 12.2. The van der Waals surface area contributed by atoms with Gasteiger partial charge in [-0.15, -0.1) is 0 Å². The van der Waals surface area contributed by atoms with Crippen LogP contribution in [0.5, 0.6) is 5.75 Å². The summed E-state index contributed by atoms with van der Waals surface area (Å²) < 4.78 is 5.83. The lowest BCUT2D eigenvalue weighted by molar-refractivity contribution is 0.0950. The van der Waals surface area contributed by atoms with Gasteiger partial charge >= 0.3 is 0 Å². The predicted molar refractivity (Wildman–Crippen MR) is 119 cm³/mol. The molecule has 2 N–H and O–H groups in total. The molecule has 0 aliphatic rings. The predicted octanol–water partition coefficient (Wildman–Crippen LogP) is 4.12. The maximum absolute atomic E-state index is 12.2. The molecule has 1 amide bonds. The Morgan fingerprint density at radius 2 is 1.94 bits per heavy atom. The maximum Gasteiger partial charge on any atom is 0.289 e. The minimum Gasteiger partial charge on any atom is -0.489 e. The third-order valence-corrected chi connectivity index (χ3v) is 4.56. The number of hydrogen-bond donors (Lipinski definition) is 2. The van der Waals surface area contributed by atoms with Crippen molar-refractivity contribution >= 4 is 12.1 Å². The number of aromatic amines is 1. The highest BCUT2D eigenvalue weighted by Gasteiger charge is 2.10. The lowest BCUT2D eigenvalue weighted by Gasteiger charge is -2.07. The summed E-state index contributed by atoms with van der Waals surface area (Å²) in [6, 6.07) is 21.1. The van der Waals surface area contributed by atoms with E-state index in [1.54, 1.807) is 24.5 Å². The van der Waals surface area contributed by atoms with Crippen LogP contribution >= 0.6 is 0 Å². The Balaban J connectivity index is 1.34. The van der Waals surface area contributed by atoms with Crippen molar-refractivity contribution in [3.8, 4) is 17.0 Å². The summed E-state index contributed by atoms with van der Waals surface area (Å²) in [4.78, 5) is 16.2. The Labute approximate surface area is 179 Å². The van der Waals surface area contributed by atoms with Gasteiger partial charge in [0, 0.05) is 23.5 Å². The van der Waals surface area contributed by atoms with Gasteiger partial charge in [0.2, 0.25) is 0 Å². The second kappa shape index (κ2) is 9.49. The molecule has 0 saturated carbocycles. The molecule has 154 valence electrons. The van der Waals surface area contributed by atoms with Gasteiger partial charge in [-0.25, -0.2) is 5.43 Å². The van der Waals surface area contributed by atoms with Crippen LogP contribution in [0.3, 0.4) is 0 Å². The van der Waals surface area contributed by atoms with Crippen LogP contribution < -0.4 is 10.2 Å². The third kappa shape index (κ3) is 5.42. The molecule has 4 rings (SSSR count). The molecule has 7 heteroatoms. The summed E-state index contributed by atoms with van der Waals surface area (Å²) in [7, 11) is 0. The SMILES string of the molecule is Cc1ccc(COc2ccc(-c3cc(C(=O)N/N=C/c4cccnc4)[nH]n3)cc2)cc1. The van der Waals surface area contributed by atoms with Crippen LogP contribution in [-0.2, 0) is 6.61 Å². The number of benzene rings is 2. The molecule has 0 saturated heterocycles. The standard InChI is InChI=1S/C24H21N5O2/c1-17-4-6-18(7-5-17)16-31-21-10-8-20(9-11-21)22-13-23(28-27-22)24(30)29-26-15-19-3-2-12-25-14-19/h2-15H,16H2,1H3,(H,27,28)(H,29,30)/b26-15+. The van der Waals surface area contributed by atoms with Crippen molar-refractivity contribution in [1.82, 2.24) is 20.6 Å². The van der Waals surface area contributed by atoms with E-state index in [1.165, 1.54) is 11.8 Å². The molecule has 4 aromatic rings. The highest BCUT2D eigenvalue weighted by molar-refractivity contribution is 5.94. The topological polar surface area (TPSA) is 92.3 Å². The third-order valence-electron chi connectivity index (χ3n) is 4.56. The van der Waals surface area contributed by atoms with Crippen molar-refractivity contribution in [1.29, 1.82) is 0 Å². The Hall–Kier alpha value is -4.26. The summed E-state index contributed by atoms with van der Waals surface area (Å²) in [5, 5.41) is 10.9. The Morgan fingerprint density at radius 1 is 1.13 bits per heavy atom. The van der Waals surface area contributed by atoms with Gasteiger partial charge in [-0.3, -0.25) is 14.9 Å². The summed E-state index contributed by atoms with van der Waals surface area (Å²) in [5.41, 5.74) is 7.44. The Kier molecular flexibility index (Phi) is 6.13. The summed E-state index contributed by atoms with van der Waals surface area (Å²) in [6.07, 6.45) is 4.85. The van der Waals surface area contributed by atoms with E-state index >= 15 is 0 Å². The average Bonchev–Trinajstić information content (AvgIpc) is 3.30. The minimum atomic E-state index is -0.378. The lowest BCUT2D eigenvalue weighted by Crippen LogP contribution is -2.18. The highest BCUT2D eigenvalue weighted by atomic mass is 16.5. The molecule has 2 heterocycles. The van der Waals surface area contributed by atoms with Crippen molar-refractivity contribution < 1.29 is 9.53 Å². The number of rotatable bonds is 7. The normalized spacial score (nSPS) is 10.9. The number of pyridine rings is 1. The number of aryl methyl sites for hydroxylation is 1. The average molecular weight is 411 g/mol. The number of carbonyl (C=O) groups excluding carboxylic acids is 1. The molecular weight excluding hydrogens is 390 g/mol. The van der Waals surface area contributed by atoms with Crippen molar-refractivity contribution in [3.63, 3.8) is 0 Å². The van der Waals surface area contributed by atoms with Crippen LogP contribution in [0.2, 0.25) is 0 Å². The molecule has 2 aromatic carbocycles. The molecule has 31 heavy (non-hydrogen) atoms. The minimum absolute atomic E-state index is 0.318. The number of nitrogens with zero attached hydrogens (tertiary/aromatic N) is 3. The van der Waals surface area contributed by atoms with Crippen LogP contribution in [0.4, 0.5) is 0 Å². The quantitative estimate of drug-likeness (QED) is 0.353. The van der Waals surface area contributed by atoms with Gasteiger partial charge < -0.3 is 4.74 Å². The summed E-state index contributed by atoms with van der Waals surface area (Å²) in [6.45, 7) is 2.56. The molecule has 0 fully saturated rings. The molecule has 0 aliphatic heterocycles. The van der Waals surface area contributed by atoms with E-state index in [-0.39, 0.29) is 5.91 Å². The van der Waals surface area contributed by atoms with Crippen molar-refractivity contribution in [2.75, 3.05) is 0 Å².